The minimum absolute atomic E-state index is 0.176. The molecule has 1 fully saturated rings. The van der Waals surface area contributed by atoms with E-state index in [2.05, 4.69) is 36.3 Å². The number of amides is 3. The average Bonchev–Trinajstić information content (AvgIpc) is 3.29. The van der Waals surface area contributed by atoms with Crippen molar-refractivity contribution in [1.29, 1.82) is 0 Å². The van der Waals surface area contributed by atoms with Crippen LogP contribution in [0.5, 0.6) is 0 Å². The molecule has 1 saturated heterocycles. The summed E-state index contributed by atoms with van der Waals surface area (Å²) in [5.41, 5.74) is 3.71. The highest BCUT2D eigenvalue weighted by Gasteiger charge is 2.30. The molecular weight excluding hydrogens is 490 g/mol. The first kappa shape index (κ1) is 28.1. The number of aryl methyl sites for hydroxylation is 2. The first-order chi connectivity index (χ1) is 18.2. The third-order valence-corrected chi connectivity index (χ3v) is 6.85. The van der Waals surface area contributed by atoms with Gasteiger partial charge in [-0.25, -0.2) is 14.5 Å². The summed E-state index contributed by atoms with van der Waals surface area (Å²) in [7, 11) is 0. The van der Waals surface area contributed by atoms with Crippen molar-refractivity contribution in [3.05, 3.63) is 59.4 Å². The quantitative estimate of drug-likeness (QED) is 0.462. The fraction of sp³-hybridized carbons (Fsp3) is 0.467. The fourth-order valence-corrected chi connectivity index (χ4v) is 4.46. The van der Waals surface area contributed by atoms with Crippen molar-refractivity contribution in [2.75, 3.05) is 41.7 Å². The van der Waals surface area contributed by atoms with Crippen molar-refractivity contribution in [3.63, 3.8) is 0 Å². The molecule has 3 heterocycles. The lowest BCUT2D eigenvalue weighted by atomic mass is 9.92. The molecule has 2 aromatic heterocycles. The Morgan fingerprint density at radius 2 is 1.49 bits per heavy atom. The van der Waals surface area contributed by atoms with Crippen LogP contribution < -0.4 is 15.5 Å². The standard InChI is InChI=1S/C30H41N7O2/c1-20-9-11-22(12-10-20)37-26(19-24(34-37)29(3,4)5)33-28(39)32-23-13-14-25(31-21(23)2)35-15-17-36(18-16-35)27(38)30(6,7)8/h9-14,19H,15-18H2,1-8H3,(H2,32,33,39). The van der Waals surface area contributed by atoms with Crippen LogP contribution in [0.25, 0.3) is 5.69 Å². The van der Waals surface area contributed by atoms with Gasteiger partial charge in [0.05, 0.1) is 22.8 Å². The molecule has 1 aliphatic rings. The van der Waals surface area contributed by atoms with Crippen LogP contribution in [0.1, 0.15) is 58.5 Å². The number of nitrogens with zero attached hydrogens (tertiary/aromatic N) is 5. The zero-order valence-electron chi connectivity index (χ0n) is 24.4. The van der Waals surface area contributed by atoms with Gasteiger partial charge in [-0.15, -0.1) is 0 Å². The van der Waals surface area contributed by atoms with E-state index in [1.165, 1.54) is 0 Å². The summed E-state index contributed by atoms with van der Waals surface area (Å²) in [6.45, 7) is 18.8. The molecule has 0 unspecified atom stereocenters. The summed E-state index contributed by atoms with van der Waals surface area (Å²) in [4.78, 5) is 34.5. The number of piperazine rings is 1. The van der Waals surface area contributed by atoms with Gasteiger partial charge in [-0.2, -0.15) is 5.10 Å². The van der Waals surface area contributed by atoms with E-state index in [9.17, 15) is 9.59 Å². The number of carbonyl (C=O) groups excluding carboxylic acids is 2. The Kier molecular flexibility index (Phi) is 7.73. The van der Waals surface area contributed by atoms with Crippen molar-refractivity contribution in [2.24, 2.45) is 5.41 Å². The van der Waals surface area contributed by atoms with E-state index in [1.54, 1.807) is 4.68 Å². The Hall–Kier alpha value is -3.88. The predicted molar refractivity (Wildman–Crippen MR) is 157 cm³/mol. The van der Waals surface area contributed by atoms with Gasteiger partial charge in [-0.3, -0.25) is 10.1 Å². The summed E-state index contributed by atoms with van der Waals surface area (Å²) >= 11 is 0. The minimum Gasteiger partial charge on any atom is -0.353 e. The van der Waals surface area contributed by atoms with Crippen molar-refractivity contribution in [3.8, 4) is 5.69 Å². The van der Waals surface area contributed by atoms with Crippen LogP contribution in [0.4, 0.5) is 22.1 Å². The van der Waals surface area contributed by atoms with Gasteiger partial charge in [0.1, 0.15) is 11.6 Å². The second kappa shape index (κ2) is 10.7. The summed E-state index contributed by atoms with van der Waals surface area (Å²) in [6.07, 6.45) is 0. The number of aromatic nitrogens is 3. The summed E-state index contributed by atoms with van der Waals surface area (Å²) < 4.78 is 1.76. The van der Waals surface area contributed by atoms with Crippen LogP contribution in [0.2, 0.25) is 0 Å². The predicted octanol–water partition coefficient (Wildman–Crippen LogP) is 5.52. The molecule has 0 spiro atoms. The molecule has 208 valence electrons. The lowest BCUT2D eigenvalue weighted by Crippen LogP contribution is -2.51. The molecule has 4 rings (SSSR count). The Morgan fingerprint density at radius 1 is 0.846 bits per heavy atom. The highest BCUT2D eigenvalue weighted by Crippen LogP contribution is 2.27. The van der Waals surface area contributed by atoms with Gasteiger partial charge in [-0.05, 0) is 38.1 Å². The van der Waals surface area contributed by atoms with Gasteiger partial charge in [0, 0.05) is 43.1 Å². The molecule has 0 atom stereocenters. The molecule has 0 radical (unpaired) electrons. The number of hydrogen-bond donors (Lipinski definition) is 2. The van der Waals surface area contributed by atoms with E-state index in [0.29, 0.717) is 24.6 Å². The number of hydrogen-bond acceptors (Lipinski definition) is 5. The highest BCUT2D eigenvalue weighted by atomic mass is 16.2. The number of nitrogens with one attached hydrogen (secondary N) is 2. The molecule has 1 aliphatic heterocycles. The first-order valence-electron chi connectivity index (χ1n) is 13.5. The van der Waals surface area contributed by atoms with Gasteiger partial charge in [-0.1, -0.05) is 59.2 Å². The topological polar surface area (TPSA) is 95.4 Å². The minimum atomic E-state index is -0.378. The van der Waals surface area contributed by atoms with Crippen molar-refractivity contribution in [1.82, 2.24) is 19.7 Å². The Morgan fingerprint density at radius 3 is 2.05 bits per heavy atom. The molecule has 0 aliphatic carbocycles. The van der Waals surface area contributed by atoms with E-state index in [0.717, 1.165) is 41.5 Å². The van der Waals surface area contributed by atoms with Crippen LogP contribution >= 0.6 is 0 Å². The smallest absolute Gasteiger partial charge is 0.324 e. The van der Waals surface area contributed by atoms with E-state index < -0.39 is 0 Å². The molecule has 9 nitrogen and oxygen atoms in total. The fourth-order valence-electron chi connectivity index (χ4n) is 4.46. The third kappa shape index (κ3) is 6.58. The van der Waals surface area contributed by atoms with Crippen LogP contribution in [0, 0.1) is 19.3 Å². The number of pyridine rings is 1. The third-order valence-electron chi connectivity index (χ3n) is 6.85. The van der Waals surface area contributed by atoms with Crippen molar-refractivity contribution in [2.45, 2.75) is 60.8 Å². The molecule has 3 amide bonds. The van der Waals surface area contributed by atoms with Gasteiger partial charge >= 0.3 is 6.03 Å². The summed E-state index contributed by atoms with van der Waals surface area (Å²) in [5, 5.41) is 10.7. The van der Waals surface area contributed by atoms with Crippen molar-refractivity contribution < 1.29 is 9.59 Å². The Balaban J connectivity index is 1.45. The maximum Gasteiger partial charge on any atom is 0.324 e. The maximum absolute atomic E-state index is 13.1. The number of rotatable bonds is 4. The van der Waals surface area contributed by atoms with Crippen LogP contribution in [-0.2, 0) is 10.2 Å². The lowest BCUT2D eigenvalue weighted by molar-refractivity contribution is -0.139. The molecule has 1 aromatic carbocycles. The SMILES string of the molecule is Cc1ccc(-n2nc(C(C)(C)C)cc2NC(=O)Nc2ccc(N3CCN(C(=O)C(C)(C)C)CC3)nc2C)cc1. The zero-order valence-corrected chi connectivity index (χ0v) is 24.4. The van der Waals surface area contributed by atoms with E-state index >= 15 is 0 Å². The number of benzene rings is 1. The van der Waals surface area contributed by atoms with E-state index in [4.69, 9.17) is 10.1 Å². The first-order valence-corrected chi connectivity index (χ1v) is 13.5. The Bertz CT molecular complexity index is 1340. The molecule has 0 bridgehead atoms. The second-order valence-electron chi connectivity index (χ2n) is 12.3. The van der Waals surface area contributed by atoms with Gasteiger partial charge < -0.3 is 15.1 Å². The number of urea groups is 1. The summed E-state index contributed by atoms with van der Waals surface area (Å²) in [6, 6.07) is 13.4. The highest BCUT2D eigenvalue weighted by molar-refractivity contribution is 5.99. The molecule has 3 aromatic rings. The van der Waals surface area contributed by atoms with Crippen LogP contribution in [0.15, 0.2) is 42.5 Å². The monoisotopic (exact) mass is 531 g/mol. The number of anilines is 3. The summed E-state index contributed by atoms with van der Waals surface area (Å²) in [5.74, 6) is 1.61. The number of carbonyl (C=O) groups is 2. The van der Waals surface area contributed by atoms with E-state index in [1.807, 2.05) is 82.0 Å². The lowest BCUT2D eigenvalue weighted by Gasteiger charge is -2.38. The molecule has 0 saturated carbocycles. The second-order valence-corrected chi connectivity index (χ2v) is 12.3. The largest absolute Gasteiger partial charge is 0.353 e. The van der Waals surface area contributed by atoms with E-state index in [-0.39, 0.29) is 22.8 Å². The molecule has 39 heavy (non-hydrogen) atoms. The molecule has 2 N–H and O–H groups in total. The Labute approximate surface area is 231 Å². The molecular formula is C30H41N7O2. The van der Waals surface area contributed by atoms with Gasteiger partial charge in [0.2, 0.25) is 5.91 Å². The van der Waals surface area contributed by atoms with Crippen LogP contribution in [0.3, 0.4) is 0 Å². The zero-order chi connectivity index (χ0) is 28.5. The molecule has 9 heteroatoms. The maximum atomic E-state index is 13.1. The average molecular weight is 532 g/mol. The van der Waals surface area contributed by atoms with Gasteiger partial charge in [0.15, 0.2) is 0 Å². The van der Waals surface area contributed by atoms with Gasteiger partial charge in [0.25, 0.3) is 0 Å². The normalized spacial score (nSPS) is 14.4. The van der Waals surface area contributed by atoms with Crippen LogP contribution in [-0.4, -0.2) is 57.8 Å². The van der Waals surface area contributed by atoms with Crippen molar-refractivity contribution >= 4 is 29.3 Å².